The molecule has 1 aromatic carbocycles. The van der Waals surface area contributed by atoms with E-state index >= 15 is 0 Å². The average molecular weight is 206 g/mol. The zero-order valence-corrected chi connectivity index (χ0v) is 8.86. The van der Waals surface area contributed by atoms with E-state index in [0.29, 0.717) is 12.4 Å². The van der Waals surface area contributed by atoms with Crippen LogP contribution in [0.25, 0.3) is 0 Å². The van der Waals surface area contributed by atoms with Gasteiger partial charge in [0.15, 0.2) is 0 Å². The molecule has 0 heterocycles. The van der Waals surface area contributed by atoms with Gasteiger partial charge in [-0.1, -0.05) is 18.2 Å². The van der Waals surface area contributed by atoms with Crippen molar-refractivity contribution in [2.75, 3.05) is 6.61 Å². The molecule has 0 amide bonds. The fourth-order valence-corrected chi connectivity index (χ4v) is 1.12. The van der Waals surface area contributed by atoms with Gasteiger partial charge >= 0.3 is 5.97 Å². The third kappa shape index (κ3) is 3.13. The van der Waals surface area contributed by atoms with Crippen LogP contribution in [0.5, 0.6) is 5.75 Å². The predicted octanol–water partition coefficient (Wildman–Crippen LogP) is 2.65. The molecule has 1 aromatic rings. The van der Waals surface area contributed by atoms with Gasteiger partial charge in [0.1, 0.15) is 12.4 Å². The number of ether oxygens (including phenoxy) is 1. The van der Waals surface area contributed by atoms with Gasteiger partial charge in [0.05, 0.1) is 5.56 Å². The second kappa shape index (κ2) is 5.20. The van der Waals surface area contributed by atoms with Gasteiger partial charge in [-0.05, 0) is 31.5 Å². The summed E-state index contributed by atoms with van der Waals surface area (Å²) in [7, 11) is 0. The van der Waals surface area contributed by atoms with Crippen LogP contribution in [0.4, 0.5) is 0 Å². The van der Waals surface area contributed by atoms with Crippen molar-refractivity contribution in [1.29, 1.82) is 0 Å². The molecule has 3 heteroatoms. The minimum atomic E-state index is -0.939. The van der Waals surface area contributed by atoms with E-state index in [1.54, 1.807) is 18.2 Å². The van der Waals surface area contributed by atoms with E-state index in [1.807, 2.05) is 26.0 Å². The van der Waals surface area contributed by atoms with Gasteiger partial charge in [0.2, 0.25) is 0 Å². The lowest BCUT2D eigenvalue weighted by molar-refractivity contribution is 0.0696. The SMILES string of the molecule is CC=CCOc1cc(C(=O)O)ccc1C. The highest BCUT2D eigenvalue weighted by atomic mass is 16.5. The summed E-state index contributed by atoms with van der Waals surface area (Å²) in [6.45, 7) is 4.25. The summed E-state index contributed by atoms with van der Waals surface area (Å²) in [4.78, 5) is 10.7. The maximum atomic E-state index is 10.7. The maximum absolute atomic E-state index is 10.7. The predicted molar refractivity (Wildman–Crippen MR) is 58.4 cm³/mol. The first-order valence-electron chi connectivity index (χ1n) is 4.73. The molecular formula is C12H14O3. The summed E-state index contributed by atoms with van der Waals surface area (Å²) >= 11 is 0. The van der Waals surface area contributed by atoms with Crippen molar-refractivity contribution in [2.45, 2.75) is 13.8 Å². The Morgan fingerprint density at radius 1 is 1.53 bits per heavy atom. The van der Waals surface area contributed by atoms with Crippen LogP contribution < -0.4 is 4.74 Å². The summed E-state index contributed by atoms with van der Waals surface area (Å²) in [5, 5.41) is 8.80. The molecular weight excluding hydrogens is 192 g/mol. The summed E-state index contributed by atoms with van der Waals surface area (Å²) in [5.41, 5.74) is 1.18. The smallest absolute Gasteiger partial charge is 0.335 e. The largest absolute Gasteiger partial charge is 0.489 e. The Labute approximate surface area is 89.0 Å². The molecule has 3 nitrogen and oxygen atoms in total. The number of aromatic carboxylic acids is 1. The second-order valence-electron chi connectivity index (χ2n) is 3.17. The molecule has 1 rings (SSSR count). The van der Waals surface area contributed by atoms with E-state index in [1.165, 1.54) is 0 Å². The van der Waals surface area contributed by atoms with Crippen molar-refractivity contribution < 1.29 is 14.6 Å². The van der Waals surface area contributed by atoms with Crippen molar-refractivity contribution in [1.82, 2.24) is 0 Å². The number of rotatable bonds is 4. The highest BCUT2D eigenvalue weighted by Crippen LogP contribution is 2.19. The molecule has 0 bridgehead atoms. The molecule has 80 valence electrons. The number of benzene rings is 1. The van der Waals surface area contributed by atoms with Gasteiger partial charge < -0.3 is 9.84 Å². The number of carboxylic acids is 1. The number of hydrogen-bond donors (Lipinski definition) is 1. The van der Waals surface area contributed by atoms with Crippen molar-refractivity contribution in [2.24, 2.45) is 0 Å². The van der Waals surface area contributed by atoms with E-state index < -0.39 is 5.97 Å². The highest BCUT2D eigenvalue weighted by Gasteiger charge is 2.06. The fourth-order valence-electron chi connectivity index (χ4n) is 1.12. The first kappa shape index (κ1) is 11.3. The Morgan fingerprint density at radius 2 is 2.27 bits per heavy atom. The second-order valence-corrected chi connectivity index (χ2v) is 3.17. The molecule has 15 heavy (non-hydrogen) atoms. The van der Waals surface area contributed by atoms with Crippen LogP contribution in [0.15, 0.2) is 30.4 Å². The lowest BCUT2D eigenvalue weighted by atomic mass is 10.1. The maximum Gasteiger partial charge on any atom is 0.335 e. The normalized spacial score (nSPS) is 10.5. The zero-order chi connectivity index (χ0) is 11.3. The number of carboxylic acid groups (broad SMARTS) is 1. The van der Waals surface area contributed by atoms with Crippen molar-refractivity contribution in [3.63, 3.8) is 0 Å². The number of hydrogen-bond acceptors (Lipinski definition) is 2. The summed E-state index contributed by atoms with van der Waals surface area (Å²) in [5.74, 6) is -0.320. The Balaban J connectivity index is 2.85. The summed E-state index contributed by atoms with van der Waals surface area (Å²) in [6.07, 6.45) is 3.75. The van der Waals surface area contributed by atoms with Crippen LogP contribution in [-0.4, -0.2) is 17.7 Å². The van der Waals surface area contributed by atoms with Gasteiger partial charge in [-0.3, -0.25) is 0 Å². The topological polar surface area (TPSA) is 46.5 Å². The molecule has 0 spiro atoms. The van der Waals surface area contributed by atoms with Gasteiger partial charge in [-0.25, -0.2) is 4.79 Å². The van der Waals surface area contributed by atoms with Crippen molar-refractivity contribution >= 4 is 5.97 Å². The summed E-state index contributed by atoms with van der Waals surface area (Å²) < 4.78 is 5.42. The molecule has 0 saturated carbocycles. The molecule has 0 atom stereocenters. The van der Waals surface area contributed by atoms with Gasteiger partial charge in [0, 0.05) is 0 Å². The van der Waals surface area contributed by atoms with Crippen LogP contribution in [0.3, 0.4) is 0 Å². The van der Waals surface area contributed by atoms with E-state index in [9.17, 15) is 4.79 Å². The average Bonchev–Trinajstić information content (AvgIpc) is 2.20. The third-order valence-corrected chi connectivity index (χ3v) is 2.01. The van der Waals surface area contributed by atoms with Crippen LogP contribution in [0.1, 0.15) is 22.8 Å². The molecule has 0 aliphatic heterocycles. The van der Waals surface area contributed by atoms with E-state index in [4.69, 9.17) is 9.84 Å². The molecule has 0 saturated heterocycles. The van der Waals surface area contributed by atoms with Gasteiger partial charge in [-0.2, -0.15) is 0 Å². The standard InChI is InChI=1S/C12H14O3/c1-3-4-7-15-11-8-10(12(13)14)6-5-9(11)2/h3-6,8H,7H2,1-2H3,(H,13,14). The third-order valence-electron chi connectivity index (χ3n) is 2.01. The lowest BCUT2D eigenvalue weighted by Crippen LogP contribution is -2.00. The Bertz CT molecular complexity index is 380. The number of aryl methyl sites for hydroxylation is 1. The quantitative estimate of drug-likeness (QED) is 0.770. The first-order chi connectivity index (χ1) is 7.15. The molecule has 0 radical (unpaired) electrons. The van der Waals surface area contributed by atoms with Crippen molar-refractivity contribution in [3.8, 4) is 5.75 Å². The zero-order valence-electron chi connectivity index (χ0n) is 8.86. The lowest BCUT2D eigenvalue weighted by Gasteiger charge is -2.07. The van der Waals surface area contributed by atoms with E-state index in [-0.39, 0.29) is 5.56 Å². The molecule has 0 fully saturated rings. The van der Waals surface area contributed by atoms with Crippen LogP contribution >= 0.6 is 0 Å². The molecule has 0 aliphatic carbocycles. The number of allylic oxidation sites excluding steroid dienone is 1. The van der Waals surface area contributed by atoms with Gasteiger partial charge in [0.25, 0.3) is 0 Å². The van der Waals surface area contributed by atoms with Crippen LogP contribution in [-0.2, 0) is 0 Å². The van der Waals surface area contributed by atoms with E-state index in [2.05, 4.69) is 0 Å². The molecule has 0 aliphatic rings. The Hall–Kier alpha value is -1.77. The number of carbonyl (C=O) groups is 1. The minimum absolute atomic E-state index is 0.246. The fraction of sp³-hybridized carbons (Fsp3) is 0.250. The van der Waals surface area contributed by atoms with Crippen LogP contribution in [0.2, 0.25) is 0 Å². The van der Waals surface area contributed by atoms with Crippen LogP contribution in [0, 0.1) is 6.92 Å². The Morgan fingerprint density at radius 3 is 2.87 bits per heavy atom. The monoisotopic (exact) mass is 206 g/mol. The minimum Gasteiger partial charge on any atom is -0.489 e. The Kier molecular flexibility index (Phi) is 3.92. The first-order valence-corrected chi connectivity index (χ1v) is 4.73. The molecule has 0 aromatic heterocycles. The highest BCUT2D eigenvalue weighted by molar-refractivity contribution is 5.88. The molecule has 1 N–H and O–H groups in total. The summed E-state index contributed by atoms with van der Waals surface area (Å²) in [6, 6.07) is 4.86. The van der Waals surface area contributed by atoms with E-state index in [0.717, 1.165) is 5.56 Å². The molecule has 0 unspecified atom stereocenters. The van der Waals surface area contributed by atoms with Crippen molar-refractivity contribution in [3.05, 3.63) is 41.5 Å². The van der Waals surface area contributed by atoms with Gasteiger partial charge in [-0.15, -0.1) is 0 Å².